The van der Waals surface area contributed by atoms with Crippen LogP contribution in [0.2, 0.25) is 0 Å². The molecule has 2 aromatic rings. The van der Waals surface area contributed by atoms with Crippen molar-refractivity contribution < 1.29 is 14.3 Å². The van der Waals surface area contributed by atoms with Crippen molar-refractivity contribution in [1.29, 1.82) is 0 Å². The van der Waals surface area contributed by atoms with Crippen LogP contribution in [0.3, 0.4) is 0 Å². The van der Waals surface area contributed by atoms with E-state index in [1.807, 2.05) is 31.5 Å². The van der Waals surface area contributed by atoms with Gasteiger partial charge in [-0.1, -0.05) is 18.2 Å². The highest BCUT2D eigenvalue weighted by atomic mass is 16.5. The molecule has 1 saturated heterocycles. The van der Waals surface area contributed by atoms with Crippen LogP contribution in [0, 0.1) is 0 Å². The first-order valence-corrected chi connectivity index (χ1v) is 8.57. The van der Waals surface area contributed by atoms with E-state index in [0.717, 1.165) is 30.3 Å². The van der Waals surface area contributed by atoms with E-state index in [2.05, 4.69) is 22.0 Å². The number of benzene rings is 1. The quantitative estimate of drug-likeness (QED) is 0.689. The van der Waals surface area contributed by atoms with Crippen LogP contribution in [-0.4, -0.2) is 41.3 Å². The third-order valence-corrected chi connectivity index (χ3v) is 5.16. The summed E-state index contributed by atoms with van der Waals surface area (Å²) in [5.41, 5.74) is 4.43. The molecule has 3 heterocycles. The number of para-hydroxylation sites is 1. The second-order valence-corrected chi connectivity index (χ2v) is 6.50. The van der Waals surface area contributed by atoms with Crippen LogP contribution in [-0.2, 0) is 20.7 Å². The lowest BCUT2D eigenvalue weighted by Crippen LogP contribution is -2.38. The molecule has 0 spiro atoms. The molecular formula is C20H20N2O3. The molecule has 2 aliphatic rings. The number of aldehydes is 1. The molecule has 128 valence electrons. The second-order valence-electron chi connectivity index (χ2n) is 6.50. The number of cyclic esters (lactones) is 1. The van der Waals surface area contributed by atoms with Gasteiger partial charge < -0.3 is 14.6 Å². The summed E-state index contributed by atoms with van der Waals surface area (Å²) in [6.45, 7) is 3.09. The molecule has 25 heavy (non-hydrogen) atoms. The van der Waals surface area contributed by atoms with Crippen LogP contribution in [0.4, 0.5) is 0 Å². The van der Waals surface area contributed by atoms with E-state index in [1.165, 1.54) is 10.9 Å². The molecule has 0 aliphatic carbocycles. The molecule has 1 aromatic carbocycles. The summed E-state index contributed by atoms with van der Waals surface area (Å²) in [5, 5.41) is 1.21. The van der Waals surface area contributed by atoms with Crippen molar-refractivity contribution in [3.05, 3.63) is 58.9 Å². The molecule has 2 aliphatic heterocycles. The number of rotatable bonds is 4. The summed E-state index contributed by atoms with van der Waals surface area (Å²) in [5.74, 6) is -0.329. The van der Waals surface area contributed by atoms with Crippen LogP contribution in [0.25, 0.3) is 10.9 Å². The van der Waals surface area contributed by atoms with E-state index in [4.69, 9.17) is 4.74 Å². The molecule has 5 nitrogen and oxygen atoms in total. The third-order valence-electron chi connectivity index (χ3n) is 5.16. The predicted octanol–water partition coefficient (Wildman–Crippen LogP) is 2.74. The zero-order valence-corrected chi connectivity index (χ0v) is 14.1. The van der Waals surface area contributed by atoms with E-state index in [1.54, 1.807) is 0 Å². The average molecular weight is 336 g/mol. The Morgan fingerprint density at radius 3 is 3.04 bits per heavy atom. The van der Waals surface area contributed by atoms with Gasteiger partial charge in [0.1, 0.15) is 6.29 Å². The molecule has 0 amide bonds. The Labute approximate surface area is 146 Å². The maximum Gasteiger partial charge on any atom is 0.339 e. The van der Waals surface area contributed by atoms with Crippen molar-refractivity contribution >= 4 is 23.2 Å². The number of carbonyl (C=O) groups excluding carboxylic acids is 2. The number of esters is 1. The molecule has 1 fully saturated rings. The summed E-state index contributed by atoms with van der Waals surface area (Å²) in [4.78, 5) is 29.0. The fraction of sp³-hybridized carbons (Fsp3) is 0.300. The van der Waals surface area contributed by atoms with Crippen LogP contribution in [0.15, 0.2) is 53.4 Å². The average Bonchev–Trinajstić information content (AvgIpc) is 3.04. The minimum absolute atomic E-state index is 0.0349. The van der Waals surface area contributed by atoms with E-state index >= 15 is 0 Å². The van der Waals surface area contributed by atoms with Gasteiger partial charge in [-0.25, -0.2) is 4.79 Å². The number of nitrogens with zero attached hydrogens (tertiary/aromatic N) is 1. The Balaban J connectivity index is 1.59. The highest BCUT2D eigenvalue weighted by Gasteiger charge is 2.32. The van der Waals surface area contributed by atoms with Gasteiger partial charge in [0.25, 0.3) is 0 Å². The SMILES string of the molecule is CC1C(C=O)=C2CCOC(=O)C2=CN1CCc1c[nH]c2ccccc12. The molecule has 1 N–H and O–H groups in total. The number of nitrogens with one attached hydrogen (secondary N) is 1. The lowest BCUT2D eigenvalue weighted by Gasteiger charge is -2.36. The van der Waals surface area contributed by atoms with Crippen molar-refractivity contribution in [2.45, 2.75) is 25.8 Å². The summed E-state index contributed by atoms with van der Waals surface area (Å²) >= 11 is 0. The van der Waals surface area contributed by atoms with Crippen LogP contribution < -0.4 is 0 Å². The molecule has 0 radical (unpaired) electrons. The number of fused-ring (bicyclic) bond motifs is 2. The largest absolute Gasteiger partial charge is 0.462 e. The lowest BCUT2D eigenvalue weighted by atomic mass is 9.89. The topological polar surface area (TPSA) is 62.4 Å². The van der Waals surface area contributed by atoms with Gasteiger partial charge in [-0.2, -0.15) is 0 Å². The maximum absolute atomic E-state index is 12.1. The van der Waals surface area contributed by atoms with E-state index in [9.17, 15) is 9.59 Å². The summed E-state index contributed by atoms with van der Waals surface area (Å²) in [7, 11) is 0. The summed E-state index contributed by atoms with van der Waals surface area (Å²) in [6.07, 6.45) is 6.23. The van der Waals surface area contributed by atoms with Crippen molar-refractivity contribution in [2.24, 2.45) is 0 Å². The minimum Gasteiger partial charge on any atom is -0.462 e. The number of carbonyl (C=O) groups is 2. The molecule has 0 bridgehead atoms. The van der Waals surface area contributed by atoms with Crippen molar-refractivity contribution in [3.63, 3.8) is 0 Å². The zero-order chi connectivity index (χ0) is 17.4. The van der Waals surface area contributed by atoms with E-state index in [0.29, 0.717) is 24.2 Å². The zero-order valence-electron chi connectivity index (χ0n) is 14.1. The Morgan fingerprint density at radius 2 is 2.20 bits per heavy atom. The molecular weight excluding hydrogens is 316 g/mol. The van der Waals surface area contributed by atoms with Gasteiger partial charge in [-0.05, 0) is 30.5 Å². The van der Waals surface area contributed by atoms with Crippen LogP contribution in [0.5, 0.6) is 0 Å². The Hall–Kier alpha value is -2.82. The van der Waals surface area contributed by atoms with Gasteiger partial charge in [0.2, 0.25) is 0 Å². The van der Waals surface area contributed by atoms with Gasteiger partial charge in [-0.15, -0.1) is 0 Å². The molecule has 4 rings (SSSR count). The number of aromatic nitrogens is 1. The highest BCUT2D eigenvalue weighted by Crippen LogP contribution is 2.32. The standard InChI is InChI=1S/C20H20N2O3/c1-13-18(12-23)16-7-9-25-20(24)17(16)11-22(13)8-6-14-10-21-19-5-3-2-4-15(14)19/h2-5,10-13,21H,6-9H2,1H3. The third kappa shape index (κ3) is 2.65. The molecule has 1 aromatic heterocycles. The van der Waals surface area contributed by atoms with Crippen molar-refractivity contribution in [3.8, 4) is 0 Å². The molecule has 1 unspecified atom stereocenters. The molecule has 1 atom stereocenters. The predicted molar refractivity (Wildman–Crippen MR) is 94.9 cm³/mol. The Bertz CT molecular complexity index is 907. The van der Waals surface area contributed by atoms with Crippen molar-refractivity contribution in [1.82, 2.24) is 9.88 Å². The molecule has 0 saturated carbocycles. The first-order valence-electron chi connectivity index (χ1n) is 8.57. The maximum atomic E-state index is 12.1. The minimum atomic E-state index is -0.329. The van der Waals surface area contributed by atoms with Gasteiger partial charge in [0, 0.05) is 41.8 Å². The smallest absolute Gasteiger partial charge is 0.339 e. The normalized spacial score (nSPS) is 20.4. The lowest BCUT2D eigenvalue weighted by molar-refractivity contribution is -0.140. The fourth-order valence-electron chi connectivity index (χ4n) is 3.74. The van der Waals surface area contributed by atoms with Gasteiger partial charge in [0.05, 0.1) is 18.2 Å². The Morgan fingerprint density at radius 1 is 1.36 bits per heavy atom. The van der Waals surface area contributed by atoms with Gasteiger partial charge in [0.15, 0.2) is 0 Å². The van der Waals surface area contributed by atoms with Crippen LogP contribution >= 0.6 is 0 Å². The number of ether oxygens (including phenoxy) is 1. The number of hydrogen-bond donors (Lipinski definition) is 1. The number of hydrogen-bond acceptors (Lipinski definition) is 4. The summed E-state index contributed by atoms with van der Waals surface area (Å²) < 4.78 is 5.14. The number of H-pyrrole nitrogens is 1. The summed E-state index contributed by atoms with van der Waals surface area (Å²) in [6, 6.07) is 8.17. The van der Waals surface area contributed by atoms with E-state index in [-0.39, 0.29) is 12.0 Å². The van der Waals surface area contributed by atoms with Crippen LogP contribution in [0.1, 0.15) is 18.9 Å². The Kier molecular flexibility index (Phi) is 3.92. The fourth-order valence-corrected chi connectivity index (χ4v) is 3.74. The van der Waals surface area contributed by atoms with Gasteiger partial charge >= 0.3 is 5.97 Å². The first kappa shape index (κ1) is 15.7. The van der Waals surface area contributed by atoms with Gasteiger partial charge in [-0.3, -0.25) is 4.79 Å². The van der Waals surface area contributed by atoms with E-state index < -0.39 is 0 Å². The number of aromatic amines is 1. The highest BCUT2D eigenvalue weighted by molar-refractivity contribution is 5.97. The molecule has 5 heteroatoms. The monoisotopic (exact) mass is 336 g/mol. The second kappa shape index (κ2) is 6.24. The first-order chi connectivity index (χ1) is 12.2. The van der Waals surface area contributed by atoms with Crippen molar-refractivity contribution in [2.75, 3.05) is 13.2 Å².